The van der Waals surface area contributed by atoms with Crippen molar-refractivity contribution in [2.24, 2.45) is 5.92 Å². The van der Waals surface area contributed by atoms with Crippen LogP contribution < -0.4 is 14.8 Å². The van der Waals surface area contributed by atoms with E-state index in [1.165, 1.54) is 16.7 Å². The Hall–Kier alpha value is -3.46. The Balaban J connectivity index is 1.37. The summed E-state index contributed by atoms with van der Waals surface area (Å²) in [5.41, 5.74) is 5.89. The summed E-state index contributed by atoms with van der Waals surface area (Å²) in [6.07, 6.45) is 5.75. The topological polar surface area (TPSA) is 30.5 Å². The minimum Gasteiger partial charge on any atom is -0.489 e. The van der Waals surface area contributed by atoms with E-state index in [2.05, 4.69) is 72.6 Å². The van der Waals surface area contributed by atoms with Crippen LogP contribution in [0.2, 0.25) is 0 Å². The molecule has 3 nitrogen and oxygen atoms in total. The molecule has 0 spiro atoms. The van der Waals surface area contributed by atoms with Crippen LogP contribution >= 0.6 is 0 Å². The predicted octanol–water partition coefficient (Wildman–Crippen LogP) is 7.05. The number of ether oxygens (including phenoxy) is 2. The van der Waals surface area contributed by atoms with Gasteiger partial charge in [0.1, 0.15) is 24.7 Å². The molecule has 0 aromatic heterocycles. The predicted molar refractivity (Wildman–Crippen MR) is 130 cm³/mol. The van der Waals surface area contributed by atoms with Gasteiger partial charge in [0.15, 0.2) is 0 Å². The van der Waals surface area contributed by atoms with Crippen LogP contribution in [0.15, 0.2) is 97.1 Å². The van der Waals surface area contributed by atoms with Crippen molar-refractivity contribution in [3.05, 3.63) is 114 Å². The van der Waals surface area contributed by atoms with E-state index in [-0.39, 0.29) is 6.04 Å². The van der Waals surface area contributed by atoms with Crippen molar-refractivity contribution in [1.82, 2.24) is 0 Å². The largest absolute Gasteiger partial charge is 0.489 e. The second-order valence-corrected chi connectivity index (χ2v) is 8.78. The van der Waals surface area contributed by atoms with Crippen molar-refractivity contribution >= 4 is 5.69 Å². The molecule has 5 rings (SSSR count). The minimum absolute atomic E-state index is 0.222. The van der Waals surface area contributed by atoms with Gasteiger partial charge in [0.05, 0.1) is 11.7 Å². The lowest BCUT2D eigenvalue weighted by Gasteiger charge is -2.38. The van der Waals surface area contributed by atoms with Crippen molar-refractivity contribution < 1.29 is 9.47 Å². The summed E-state index contributed by atoms with van der Waals surface area (Å²) in [6.45, 7) is 7.07. The molecule has 3 unspecified atom stereocenters. The molecule has 32 heavy (non-hydrogen) atoms. The summed E-state index contributed by atoms with van der Waals surface area (Å²) >= 11 is 0. The molecule has 0 saturated carbocycles. The fourth-order valence-electron chi connectivity index (χ4n) is 4.76. The van der Waals surface area contributed by atoms with Gasteiger partial charge < -0.3 is 14.8 Å². The van der Waals surface area contributed by atoms with Gasteiger partial charge in [0.25, 0.3) is 0 Å². The maximum atomic E-state index is 6.09. The number of hydrogen-bond acceptors (Lipinski definition) is 3. The number of hydrogen-bond donors (Lipinski definition) is 1. The van der Waals surface area contributed by atoms with E-state index < -0.39 is 0 Å². The highest BCUT2D eigenvalue weighted by atomic mass is 16.5. The number of allylic oxidation sites excluding steroid dienone is 2. The van der Waals surface area contributed by atoms with Crippen LogP contribution in [0, 0.1) is 5.92 Å². The molecular weight excluding hydrogens is 394 g/mol. The average molecular weight is 424 g/mol. The molecule has 1 aliphatic carbocycles. The highest BCUT2D eigenvalue weighted by Gasteiger charge is 2.38. The zero-order valence-electron chi connectivity index (χ0n) is 18.5. The van der Waals surface area contributed by atoms with Crippen molar-refractivity contribution in [3.63, 3.8) is 0 Å². The molecule has 0 fully saturated rings. The van der Waals surface area contributed by atoms with Gasteiger partial charge in [0, 0.05) is 5.92 Å². The molecule has 2 aliphatic rings. The summed E-state index contributed by atoms with van der Waals surface area (Å²) < 4.78 is 12.1. The lowest BCUT2D eigenvalue weighted by Crippen LogP contribution is -2.29. The van der Waals surface area contributed by atoms with Gasteiger partial charge in [-0.3, -0.25) is 0 Å². The standard InChI is InChI=1S/C29H29NO2/c1-20(2)18-32-27-13-7-12-26-24-10-6-11-25(24)28(30-29(26)27)22-14-16-23(17-15-22)31-19-21-8-4-3-5-9-21/h3-10,12-17,24-25,28,30H,1,11,18-19H2,2H3. The van der Waals surface area contributed by atoms with E-state index in [1.807, 2.05) is 31.2 Å². The SMILES string of the molecule is C=C(C)COc1cccc2c1NC(c1ccc(OCc3ccccc3)cc1)C1CC=CC21. The Labute approximate surface area is 190 Å². The molecule has 1 N–H and O–H groups in total. The molecule has 3 aromatic rings. The average Bonchev–Trinajstić information content (AvgIpc) is 3.32. The van der Waals surface area contributed by atoms with Crippen LogP contribution in [0.25, 0.3) is 0 Å². The third-order valence-corrected chi connectivity index (χ3v) is 6.32. The molecule has 0 bridgehead atoms. The summed E-state index contributed by atoms with van der Waals surface area (Å²) in [4.78, 5) is 0. The quantitative estimate of drug-likeness (QED) is 0.413. The first-order valence-corrected chi connectivity index (χ1v) is 11.3. The van der Waals surface area contributed by atoms with Crippen molar-refractivity contribution in [2.75, 3.05) is 11.9 Å². The second-order valence-electron chi connectivity index (χ2n) is 8.78. The van der Waals surface area contributed by atoms with Gasteiger partial charge in [-0.2, -0.15) is 0 Å². The fourth-order valence-corrected chi connectivity index (χ4v) is 4.76. The zero-order valence-corrected chi connectivity index (χ0v) is 18.5. The molecule has 3 heteroatoms. The lowest BCUT2D eigenvalue weighted by atomic mass is 9.77. The number of para-hydroxylation sites is 1. The summed E-state index contributed by atoms with van der Waals surface area (Å²) in [6, 6.07) is 25.4. The third kappa shape index (κ3) is 4.16. The molecule has 3 aromatic carbocycles. The lowest BCUT2D eigenvalue weighted by molar-refractivity contribution is 0.306. The van der Waals surface area contributed by atoms with E-state index in [1.54, 1.807) is 0 Å². The number of rotatable bonds is 7. The summed E-state index contributed by atoms with van der Waals surface area (Å²) in [7, 11) is 0. The van der Waals surface area contributed by atoms with E-state index in [4.69, 9.17) is 9.47 Å². The van der Waals surface area contributed by atoms with Crippen LogP contribution in [0.1, 0.15) is 42.0 Å². The van der Waals surface area contributed by atoms with Gasteiger partial charge in [-0.15, -0.1) is 0 Å². The number of benzene rings is 3. The fraction of sp³-hybridized carbons (Fsp3) is 0.241. The van der Waals surface area contributed by atoms with Crippen molar-refractivity contribution in [2.45, 2.75) is 31.9 Å². The summed E-state index contributed by atoms with van der Waals surface area (Å²) in [5.74, 6) is 2.69. The smallest absolute Gasteiger partial charge is 0.143 e. The first-order chi connectivity index (χ1) is 15.7. The molecule has 1 heterocycles. The minimum atomic E-state index is 0.222. The van der Waals surface area contributed by atoms with Gasteiger partial charge in [-0.25, -0.2) is 0 Å². The van der Waals surface area contributed by atoms with E-state index in [0.29, 0.717) is 25.0 Å². The summed E-state index contributed by atoms with van der Waals surface area (Å²) in [5, 5.41) is 3.82. The molecule has 3 atom stereocenters. The Kier molecular flexibility index (Phi) is 5.72. The number of nitrogens with one attached hydrogen (secondary N) is 1. The van der Waals surface area contributed by atoms with Crippen LogP contribution in [0.4, 0.5) is 5.69 Å². The van der Waals surface area contributed by atoms with Gasteiger partial charge in [-0.1, -0.05) is 73.3 Å². The maximum absolute atomic E-state index is 6.09. The Morgan fingerprint density at radius 3 is 2.56 bits per heavy atom. The zero-order chi connectivity index (χ0) is 21.9. The van der Waals surface area contributed by atoms with Crippen molar-refractivity contribution in [1.29, 1.82) is 0 Å². The van der Waals surface area contributed by atoms with Crippen LogP contribution in [-0.4, -0.2) is 6.61 Å². The third-order valence-electron chi connectivity index (χ3n) is 6.32. The van der Waals surface area contributed by atoms with Crippen LogP contribution in [0.5, 0.6) is 11.5 Å². The number of fused-ring (bicyclic) bond motifs is 3. The highest BCUT2D eigenvalue weighted by molar-refractivity contribution is 5.67. The normalized spacial score (nSPS) is 20.7. The Morgan fingerprint density at radius 1 is 0.969 bits per heavy atom. The van der Waals surface area contributed by atoms with E-state index >= 15 is 0 Å². The molecule has 0 radical (unpaired) electrons. The van der Waals surface area contributed by atoms with Gasteiger partial charge in [-0.05, 0) is 59.7 Å². The monoisotopic (exact) mass is 423 g/mol. The first-order valence-electron chi connectivity index (χ1n) is 11.3. The second kappa shape index (κ2) is 8.96. The number of anilines is 1. The molecule has 1 aliphatic heterocycles. The van der Waals surface area contributed by atoms with E-state index in [0.717, 1.165) is 29.2 Å². The van der Waals surface area contributed by atoms with Crippen LogP contribution in [-0.2, 0) is 6.61 Å². The van der Waals surface area contributed by atoms with Crippen molar-refractivity contribution in [3.8, 4) is 11.5 Å². The van der Waals surface area contributed by atoms with E-state index in [9.17, 15) is 0 Å². The Bertz CT molecular complexity index is 1120. The van der Waals surface area contributed by atoms with Gasteiger partial charge >= 0.3 is 0 Å². The maximum Gasteiger partial charge on any atom is 0.143 e. The highest BCUT2D eigenvalue weighted by Crippen LogP contribution is 2.52. The Morgan fingerprint density at radius 2 is 1.78 bits per heavy atom. The molecule has 0 amide bonds. The molecular formula is C29H29NO2. The molecule has 0 saturated heterocycles. The molecule has 162 valence electrons. The van der Waals surface area contributed by atoms with Crippen LogP contribution in [0.3, 0.4) is 0 Å². The van der Waals surface area contributed by atoms with Gasteiger partial charge in [0.2, 0.25) is 0 Å². The first kappa shape index (κ1) is 20.4.